The van der Waals surface area contributed by atoms with Crippen LogP contribution in [0.4, 0.5) is 4.39 Å². The third-order valence-electron chi connectivity index (χ3n) is 2.77. The number of ether oxygens (including phenoxy) is 1. The van der Waals surface area contributed by atoms with Crippen LogP contribution in [0.25, 0.3) is 0 Å². The van der Waals surface area contributed by atoms with E-state index < -0.39 is 0 Å². The largest absolute Gasteiger partial charge is 0.426 e. The Bertz CT molecular complexity index is 531. The van der Waals surface area contributed by atoms with E-state index in [1.807, 2.05) is 31.8 Å². The first-order valence-electron chi connectivity index (χ1n) is 5.95. The van der Waals surface area contributed by atoms with Crippen LogP contribution in [0.1, 0.15) is 25.2 Å². The van der Waals surface area contributed by atoms with Crippen molar-refractivity contribution in [3.05, 3.63) is 47.9 Å². The summed E-state index contributed by atoms with van der Waals surface area (Å²) in [7, 11) is 0. The van der Waals surface area contributed by atoms with E-state index in [0.717, 1.165) is 17.9 Å². The summed E-state index contributed by atoms with van der Waals surface area (Å²) in [5, 5.41) is 0. The molecule has 4 heteroatoms. The van der Waals surface area contributed by atoms with Crippen molar-refractivity contribution in [1.82, 2.24) is 9.55 Å². The van der Waals surface area contributed by atoms with E-state index in [4.69, 9.17) is 4.74 Å². The molecule has 2 aromatic rings. The third kappa shape index (κ3) is 2.37. The second-order valence-corrected chi connectivity index (χ2v) is 3.95. The molecule has 95 valence electrons. The van der Waals surface area contributed by atoms with E-state index in [2.05, 4.69) is 4.98 Å². The Morgan fingerprint density at radius 2 is 2.00 bits per heavy atom. The lowest BCUT2D eigenvalue weighted by atomic mass is 10.3. The fourth-order valence-corrected chi connectivity index (χ4v) is 1.92. The molecule has 0 atom stereocenters. The lowest BCUT2D eigenvalue weighted by Crippen LogP contribution is -2.02. The minimum atomic E-state index is -0.278. The Kier molecular flexibility index (Phi) is 3.65. The van der Waals surface area contributed by atoms with Crippen LogP contribution in [0.2, 0.25) is 0 Å². The number of hydrogen-bond acceptors (Lipinski definition) is 2. The van der Waals surface area contributed by atoms with E-state index in [1.54, 1.807) is 12.1 Å². The lowest BCUT2D eigenvalue weighted by Gasteiger charge is -2.08. The first-order chi connectivity index (χ1) is 8.65. The van der Waals surface area contributed by atoms with Gasteiger partial charge in [-0.3, -0.25) is 4.57 Å². The molecule has 2 rings (SSSR count). The average molecular weight is 247 g/mol. The quantitative estimate of drug-likeness (QED) is 0.823. The minimum absolute atomic E-state index is 0.278. The maximum Gasteiger partial charge on any atom is 0.302 e. The second kappa shape index (κ2) is 5.21. The standard InChI is InChI=1S/C14H16FN2O/c1-4-13-10(3)16-14(17(13)5-2)18-12-8-6-11(15)7-9-12/h4,6-9H,5H2,1-3H3. The highest BCUT2D eigenvalue weighted by Gasteiger charge is 2.13. The van der Waals surface area contributed by atoms with E-state index in [0.29, 0.717) is 11.8 Å². The maximum atomic E-state index is 12.8. The summed E-state index contributed by atoms with van der Waals surface area (Å²) in [5.74, 6) is 0.304. The summed E-state index contributed by atoms with van der Waals surface area (Å²) < 4.78 is 20.5. The van der Waals surface area contributed by atoms with Crippen molar-refractivity contribution < 1.29 is 9.13 Å². The van der Waals surface area contributed by atoms with Gasteiger partial charge >= 0.3 is 6.01 Å². The molecule has 0 fully saturated rings. The molecule has 0 aliphatic carbocycles. The van der Waals surface area contributed by atoms with Crippen LogP contribution in [0.5, 0.6) is 11.8 Å². The molecule has 0 aliphatic heterocycles. The summed E-state index contributed by atoms with van der Waals surface area (Å²) >= 11 is 0. The van der Waals surface area contributed by atoms with Crippen molar-refractivity contribution in [3.63, 3.8) is 0 Å². The molecule has 3 nitrogen and oxygen atoms in total. The first-order valence-corrected chi connectivity index (χ1v) is 5.95. The molecule has 1 aromatic carbocycles. The molecule has 0 saturated carbocycles. The Hall–Kier alpha value is -1.84. The Balaban J connectivity index is 2.31. The molecule has 0 bridgehead atoms. The molecule has 1 heterocycles. The van der Waals surface area contributed by atoms with E-state index in [1.165, 1.54) is 12.1 Å². The summed E-state index contributed by atoms with van der Waals surface area (Å²) in [4.78, 5) is 4.39. The number of nitrogens with zero attached hydrogens (tertiary/aromatic N) is 2. The van der Waals surface area contributed by atoms with Crippen molar-refractivity contribution >= 4 is 0 Å². The Morgan fingerprint density at radius 1 is 1.33 bits per heavy atom. The predicted molar refractivity (Wildman–Crippen MR) is 68.2 cm³/mol. The smallest absolute Gasteiger partial charge is 0.302 e. The van der Waals surface area contributed by atoms with Crippen LogP contribution >= 0.6 is 0 Å². The molecule has 18 heavy (non-hydrogen) atoms. The summed E-state index contributed by atoms with van der Waals surface area (Å²) in [6.45, 7) is 6.72. The zero-order valence-electron chi connectivity index (χ0n) is 10.8. The molecule has 0 saturated heterocycles. The number of aromatic nitrogens is 2. The zero-order chi connectivity index (χ0) is 13.1. The number of benzene rings is 1. The lowest BCUT2D eigenvalue weighted by molar-refractivity contribution is 0.412. The van der Waals surface area contributed by atoms with E-state index in [-0.39, 0.29) is 5.82 Å². The minimum Gasteiger partial charge on any atom is -0.426 e. The molecule has 0 amide bonds. The molecule has 0 spiro atoms. The van der Waals surface area contributed by atoms with Crippen LogP contribution < -0.4 is 4.74 Å². The molecule has 0 unspecified atom stereocenters. The van der Waals surface area contributed by atoms with Gasteiger partial charge in [0, 0.05) is 18.7 Å². The highest BCUT2D eigenvalue weighted by molar-refractivity contribution is 5.30. The zero-order valence-corrected chi connectivity index (χ0v) is 10.8. The van der Waals surface area contributed by atoms with Crippen molar-refractivity contribution in [2.24, 2.45) is 0 Å². The second-order valence-electron chi connectivity index (χ2n) is 3.95. The fraction of sp³-hybridized carbons (Fsp3) is 0.286. The number of imidazole rings is 1. The number of hydrogen-bond donors (Lipinski definition) is 0. The van der Waals surface area contributed by atoms with Gasteiger partial charge in [-0.05, 0) is 38.1 Å². The first kappa shape index (κ1) is 12.6. The van der Waals surface area contributed by atoms with Crippen molar-refractivity contribution in [2.45, 2.75) is 27.3 Å². The van der Waals surface area contributed by atoms with Gasteiger partial charge in [0.1, 0.15) is 11.6 Å². The van der Waals surface area contributed by atoms with Gasteiger partial charge in [0.25, 0.3) is 0 Å². The normalized spacial score (nSPS) is 10.7. The number of rotatable bonds is 4. The van der Waals surface area contributed by atoms with Crippen LogP contribution in [-0.2, 0) is 6.54 Å². The maximum absolute atomic E-state index is 12.8. The van der Waals surface area contributed by atoms with Crippen molar-refractivity contribution in [3.8, 4) is 11.8 Å². The van der Waals surface area contributed by atoms with Gasteiger partial charge in [0.2, 0.25) is 0 Å². The summed E-state index contributed by atoms with van der Waals surface area (Å²) in [6, 6.07) is 6.46. The van der Waals surface area contributed by atoms with Gasteiger partial charge in [0.05, 0.1) is 5.69 Å². The molecule has 0 N–H and O–H groups in total. The van der Waals surface area contributed by atoms with Gasteiger partial charge in [0.15, 0.2) is 0 Å². The topological polar surface area (TPSA) is 27.1 Å². The molecular formula is C14H16FN2O. The summed E-state index contributed by atoms with van der Waals surface area (Å²) in [5.41, 5.74) is 1.98. The van der Waals surface area contributed by atoms with Gasteiger partial charge in [-0.2, -0.15) is 4.98 Å². The molecule has 1 aromatic heterocycles. The predicted octanol–water partition coefficient (Wildman–Crippen LogP) is 3.72. The molecular weight excluding hydrogens is 231 g/mol. The molecule has 1 radical (unpaired) electrons. The van der Waals surface area contributed by atoms with Crippen LogP contribution in [0.3, 0.4) is 0 Å². The highest BCUT2D eigenvalue weighted by atomic mass is 19.1. The fourth-order valence-electron chi connectivity index (χ4n) is 1.92. The molecule has 0 aliphatic rings. The number of aryl methyl sites for hydroxylation is 1. The van der Waals surface area contributed by atoms with Crippen LogP contribution in [0.15, 0.2) is 24.3 Å². The number of halogens is 1. The van der Waals surface area contributed by atoms with E-state index in [9.17, 15) is 4.39 Å². The van der Waals surface area contributed by atoms with Gasteiger partial charge in [-0.15, -0.1) is 0 Å². The average Bonchev–Trinajstić information content (AvgIpc) is 2.67. The SMILES string of the molecule is C[CH]c1c(C)nc(Oc2ccc(F)cc2)n1CC. The third-order valence-corrected chi connectivity index (χ3v) is 2.77. The van der Waals surface area contributed by atoms with Gasteiger partial charge in [-0.25, -0.2) is 4.39 Å². The van der Waals surface area contributed by atoms with Gasteiger partial charge < -0.3 is 4.74 Å². The summed E-state index contributed by atoms with van der Waals surface area (Å²) in [6.07, 6.45) is 2.00. The Morgan fingerprint density at radius 3 is 2.56 bits per heavy atom. The van der Waals surface area contributed by atoms with Crippen molar-refractivity contribution in [1.29, 1.82) is 0 Å². The van der Waals surface area contributed by atoms with E-state index >= 15 is 0 Å². The van der Waals surface area contributed by atoms with Gasteiger partial charge in [-0.1, -0.05) is 6.92 Å². The monoisotopic (exact) mass is 247 g/mol. The Labute approximate surface area is 106 Å². The highest BCUT2D eigenvalue weighted by Crippen LogP contribution is 2.24. The van der Waals surface area contributed by atoms with Crippen LogP contribution in [0, 0.1) is 19.2 Å². The van der Waals surface area contributed by atoms with Crippen LogP contribution in [-0.4, -0.2) is 9.55 Å². The van der Waals surface area contributed by atoms with Crippen molar-refractivity contribution in [2.75, 3.05) is 0 Å².